The lowest BCUT2D eigenvalue weighted by Gasteiger charge is -2.06. The molecule has 2 aromatic carbocycles. The Kier molecular flexibility index (Phi) is 6.44. The van der Waals surface area contributed by atoms with Gasteiger partial charge in [0.1, 0.15) is 5.75 Å². The number of nitrogens with zero attached hydrogens (tertiary/aromatic N) is 2. The minimum absolute atomic E-state index is 0.127. The first kappa shape index (κ1) is 19.6. The van der Waals surface area contributed by atoms with Crippen molar-refractivity contribution in [1.82, 2.24) is 5.32 Å². The minimum Gasteiger partial charge on any atom is -0.508 e. The van der Waals surface area contributed by atoms with Gasteiger partial charge in [0.25, 0.3) is 0 Å². The first-order valence-corrected chi connectivity index (χ1v) is 9.56. The average Bonchev–Trinajstić information content (AvgIpc) is 3.03. The molecule has 0 aliphatic carbocycles. The number of nitrogens with one attached hydrogen (secondary N) is 1. The smallest absolute Gasteiger partial charge is 0.338 e. The van der Waals surface area contributed by atoms with E-state index >= 15 is 0 Å². The number of aromatic hydroxyl groups is 1. The van der Waals surface area contributed by atoms with Gasteiger partial charge in [-0.1, -0.05) is 23.9 Å². The molecule has 1 heterocycles. The molecule has 2 aromatic rings. The van der Waals surface area contributed by atoms with Crippen LogP contribution in [0.2, 0.25) is 0 Å². The van der Waals surface area contributed by atoms with Crippen molar-refractivity contribution in [2.75, 3.05) is 6.61 Å². The third-order valence-electron chi connectivity index (χ3n) is 3.91. The number of esters is 1. The molecular formula is C20H19N3O4S. The van der Waals surface area contributed by atoms with Crippen LogP contribution < -0.4 is 5.32 Å². The van der Waals surface area contributed by atoms with Crippen LogP contribution in [0.4, 0.5) is 0 Å². The number of amidine groups is 1. The standard InChI is InChI=1S/C20H19N3O4S/c1-2-27-19(26)15-7-3-13(4-8-15)11-17-18(25)22-20(28-17)23-21-12-14-5-9-16(24)10-6-14/h3-10,12,17,24H,2,11H2,1H3,(H,22,23,25)/b21-12+/t17-/m1/s1. The van der Waals surface area contributed by atoms with Gasteiger partial charge in [-0.2, -0.15) is 5.10 Å². The summed E-state index contributed by atoms with van der Waals surface area (Å²) in [7, 11) is 0. The van der Waals surface area contributed by atoms with Gasteiger partial charge in [-0.3, -0.25) is 4.79 Å². The van der Waals surface area contributed by atoms with Gasteiger partial charge in [-0.25, -0.2) is 4.79 Å². The van der Waals surface area contributed by atoms with Gasteiger partial charge in [0.15, 0.2) is 5.17 Å². The molecule has 1 aliphatic rings. The summed E-state index contributed by atoms with van der Waals surface area (Å²) in [6.07, 6.45) is 2.06. The van der Waals surface area contributed by atoms with Crippen LogP contribution in [-0.2, 0) is 16.0 Å². The minimum atomic E-state index is -0.358. The number of benzene rings is 2. The SMILES string of the molecule is CCOC(=O)c1ccc(C[C@H]2S/C(=N/N=C/c3ccc(O)cc3)NC2=O)cc1. The van der Waals surface area contributed by atoms with Gasteiger partial charge in [0.05, 0.1) is 23.6 Å². The fourth-order valence-electron chi connectivity index (χ4n) is 2.50. The first-order valence-electron chi connectivity index (χ1n) is 8.69. The van der Waals surface area contributed by atoms with E-state index < -0.39 is 0 Å². The van der Waals surface area contributed by atoms with E-state index in [1.165, 1.54) is 11.8 Å². The Balaban J connectivity index is 1.58. The summed E-state index contributed by atoms with van der Waals surface area (Å²) in [6, 6.07) is 13.6. The first-order chi connectivity index (χ1) is 13.5. The fourth-order valence-corrected chi connectivity index (χ4v) is 3.47. The molecule has 1 amide bonds. The van der Waals surface area contributed by atoms with Gasteiger partial charge in [-0.15, -0.1) is 5.10 Å². The molecule has 1 saturated heterocycles. The molecule has 0 aromatic heterocycles. The van der Waals surface area contributed by atoms with Crippen molar-refractivity contribution in [3.05, 3.63) is 65.2 Å². The molecule has 7 nitrogen and oxygen atoms in total. The van der Waals surface area contributed by atoms with E-state index in [2.05, 4.69) is 15.5 Å². The molecule has 0 radical (unpaired) electrons. The van der Waals surface area contributed by atoms with Gasteiger partial charge in [-0.05, 0) is 60.9 Å². The van der Waals surface area contributed by atoms with E-state index in [0.717, 1.165) is 11.1 Å². The van der Waals surface area contributed by atoms with E-state index in [-0.39, 0.29) is 22.9 Å². The summed E-state index contributed by atoms with van der Waals surface area (Å²) in [5.74, 6) is -0.304. The number of phenols is 1. The van der Waals surface area contributed by atoms with Crippen LogP contribution in [0.25, 0.3) is 0 Å². The highest BCUT2D eigenvalue weighted by atomic mass is 32.2. The molecule has 0 spiro atoms. The zero-order valence-electron chi connectivity index (χ0n) is 15.2. The predicted octanol–water partition coefficient (Wildman–Crippen LogP) is 2.73. The quantitative estimate of drug-likeness (QED) is 0.443. The van der Waals surface area contributed by atoms with Crippen molar-refractivity contribution in [3.63, 3.8) is 0 Å². The Labute approximate surface area is 166 Å². The zero-order chi connectivity index (χ0) is 19.9. The van der Waals surface area contributed by atoms with Gasteiger partial charge < -0.3 is 15.2 Å². The van der Waals surface area contributed by atoms with E-state index in [9.17, 15) is 14.7 Å². The van der Waals surface area contributed by atoms with Gasteiger partial charge in [0, 0.05) is 0 Å². The molecule has 0 saturated carbocycles. The number of rotatable bonds is 6. The largest absolute Gasteiger partial charge is 0.508 e. The maximum Gasteiger partial charge on any atom is 0.338 e. The van der Waals surface area contributed by atoms with Crippen molar-refractivity contribution in [3.8, 4) is 5.75 Å². The molecule has 1 atom stereocenters. The highest BCUT2D eigenvalue weighted by molar-refractivity contribution is 8.15. The Morgan fingerprint density at radius 1 is 1.21 bits per heavy atom. The van der Waals surface area contributed by atoms with E-state index in [4.69, 9.17) is 4.74 Å². The van der Waals surface area contributed by atoms with Crippen LogP contribution in [0.1, 0.15) is 28.4 Å². The fraction of sp³-hybridized carbons (Fsp3) is 0.200. The Morgan fingerprint density at radius 3 is 2.61 bits per heavy atom. The van der Waals surface area contributed by atoms with E-state index in [1.807, 2.05) is 12.1 Å². The summed E-state index contributed by atoms with van der Waals surface area (Å²) in [5, 5.41) is 20.1. The van der Waals surface area contributed by atoms with Gasteiger partial charge >= 0.3 is 5.97 Å². The summed E-state index contributed by atoms with van der Waals surface area (Å²) >= 11 is 1.31. The Hall–Kier alpha value is -3.13. The number of ether oxygens (including phenoxy) is 1. The number of hydrogen-bond donors (Lipinski definition) is 2. The molecule has 1 fully saturated rings. The highest BCUT2D eigenvalue weighted by Crippen LogP contribution is 2.23. The third kappa shape index (κ3) is 5.20. The molecule has 28 heavy (non-hydrogen) atoms. The summed E-state index contributed by atoms with van der Waals surface area (Å²) in [5.41, 5.74) is 2.21. The molecule has 2 N–H and O–H groups in total. The maximum absolute atomic E-state index is 12.2. The van der Waals surface area contributed by atoms with Crippen molar-refractivity contribution in [2.24, 2.45) is 10.2 Å². The van der Waals surface area contributed by atoms with Crippen LogP contribution in [0.15, 0.2) is 58.7 Å². The summed E-state index contributed by atoms with van der Waals surface area (Å²) < 4.78 is 4.96. The Bertz CT molecular complexity index is 908. The van der Waals surface area contributed by atoms with E-state index in [1.54, 1.807) is 49.5 Å². The average molecular weight is 397 g/mol. The van der Waals surface area contributed by atoms with Crippen molar-refractivity contribution < 1.29 is 19.4 Å². The molecule has 1 aliphatic heterocycles. The maximum atomic E-state index is 12.2. The van der Waals surface area contributed by atoms with E-state index in [0.29, 0.717) is 23.8 Å². The van der Waals surface area contributed by atoms with Crippen LogP contribution in [0, 0.1) is 0 Å². The van der Waals surface area contributed by atoms with Crippen LogP contribution >= 0.6 is 11.8 Å². The molecule has 0 bridgehead atoms. The molecule has 0 unspecified atom stereocenters. The number of amides is 1. The normalized spacial score (nSPS) is 17.8. The molecule has 3 rings (SSSR count). The van der Waals surface area contributed by atoms with Crippen LogP contribution in [0.3, 0.4) is 0 Å². The second kappa shape index (κ2) is 9.18. The van der Waals surface area contributed by atoms with Crippen LogP contribution in [-0.4, -0.2) is 40.2 Å². The molecule has 144 valence electrons. The topological polar surface area (TPSA) is 100 Å². The summed E-state index contributed by atoms with van der Waals surface area (Å²) in [4.78, 5) is 23.8. The number of phenolic OH excluding ortho intramolecular Hbond substituents is 1. The number of carbonyl (C=O) groups is 2. The van der Waals surface area contributed by atoms with Gasteiger partial charge in [0.2, 0.25) is 5.91 Å². The predicted molar refractivity (Wildman–Crippen MR) is 109 cm³/mol. The summed E-state index contributed by atoms with van der Waals surface area (Å²) in [6.45, 7) is 2.09. The molecule has 8 heteroatoms. The number of thioether (sulfide) groups is 1. The number of carbonyl (C=O) groups excluding carboxylic acids is 2. The lowest BCUT2D eigenvalue weighted by atomic mass is 10.1. The third-order valence-corrected chi connectivity index (χ3v) is 4.98. The van der Waals surface area contributed by atoms with Crippen molar-refractivity contribution in [2.45, 2.75) is 18.6 Å². The lowest BCUT2D eigenvalue weighted by Crippen LogP contribution is -2.25. The van der Waals surface area contributed by atoms with Crippen molar-refractivity contribution >= 4 is 35.0 Å². The highest BCUT2D eigenvalue weighted by Gasteiger charge is 2.30. The second-order valence-electron chi connectivity index (χ2n) is 5.96. The Morgan fingerprint density at radius 2 is 1.93 bits per heavy atom. The zero-order valence-corrected chi connectivity index (χ0v) is 16.0. The van der Waals surface area contributed by atoms with Crippen molar-refractivity contribution in [1.29, 1.82) is 0 Å². The monoisotopic (exact) mass is 397 g/mol. The number of hydrogen-bond acceptors (Lipinski definition) is 7. The lowest BCUT2D eigenvalue weighted by molar-refractivity contribution is -0.118. The molecular weight excluding hydrogens is 378 g/mol. The van der Waals surface area contributed by atoms with Crippen LogP contribution in [0.5, 0.6) is 5.75 Å². The second-order valence-corrected chi connectivity index (χ2v) is 7.15.